The Labute approximate surface area is 671 Å². The van der Waals surface area contributed by atoms with E-state index in [1.165, 1.54) is 186 Å². The summed E-state index contributed by atoms with van der Waals surface area (Å²) < 4.78 is 34.5. The van der Waals surface area contributed by atoms with E-state index in [1.807, 2.05) is 6.08 Å². The van der Waals surface area contributed by atoms with Gasteiger partial charge in [-0.05, 0) is 103 Å². The molecule has 0 spiro atoms. The monoisotopic (exact) mass is 1570 g/mol. The number of nitrogens with one attached hydrogen (secondary N) is 1. The lowest BCUT2D eigenvalue weighted by Crippen LogP contribution is -2.66. The van der Waals surface area contributed by atoms with Gasteiger partial charge in [-0.2, -0.15) is 0 Å². The van der Waals surface area contributed by atoms with Crippen molar-refractivity contribution in [3.63, 3.8) is 0 Å². The van der Waals surface area contributed by atoms with Crippen LogP contribution in [0.1, 0.15) is 322 Å². The highest BCUT2D eigenvalue weighted by molar-refractivity contribution is 5.76. The molecule has 19 nitrogen and oxygen atoms in total. The zero-order chi connectivity index (χ0) is 80.3. The Bertz CT molecular complexity index is 2480. The number of carbonyl (C=O) groups is 1. The molecule has 640 valence electrons. The predicted molar refractivity (Wildman–Crippen MR) is 447 cm³/mol. The number of ether oxygens (including phenoxy) is 6. The van der Waals surface area contributed by atoms with E-state index >= 15 is 0 Å². The predicted octanol–water partition coefficient (Wildman–Crippen LogP) is 16.6. The van der Waals surface area contributed by atoms with Crippen LogP contribution in [0.4, 0.5) is 0 Å². The van der Waals surface area contributed by atoms with E-state index in [-0.39, 0.29) is 18.9 Å². The lowest BCUT2D eigenvalue weighted by atomic mass is 9.96. The third kappa shape index (κ3) is 49.1. The molecule has 3 heterocycles. The largest absolute Gasteiger partial charge is 0.394 e. The Morgan fingerprint density at radius 2 is 0.631 bits per heavy atom. The van der Waals surface area contributed by atoms with Crippen LogP contribution in [0.15, 0.2) is 122 Å². The maximum atomic E-state index is 13.5. The van der Waals surface area contributed by atoms with Crippen molar-refractivity contribution in [2.75, 3.05) is 26.4 Å². The highest BCUT2D eigenvalue weighted by atomic mass is 16.8. The molecule has 3 rings (SSSR count). The standard InChI is InChI=1S/C92H159NO18/c1-3-5-7-9-11-13-15-17-19-21-23-25-27-29-31-33-35-36-37-38-40-42-44-46-48-50-52-54-56-58-60-62-64-66-68-70-80(98)93-75(76(97)69-67-65-63-61-59-57-55-53-51-49-47-45-43-41-39-34-32-30-28-26-24-22-20-18-16-14-12-10-8-6-4-2)74-106-90-86(104)83(101)88(78(72-95)108-90)111-92-87(105)84(102)89(79(73-96)109-92)110-91-85(103)82(100)81(99)77(71-94)107-91/h5,7,11,13,17,19,23,25,29,31,35-36,38,40,51,53,59,61,67,69,75-79,81-92,94-97,99-105H,3-4,6,8-10,12,14-16,18,20-22,24,26-28,30,32-34,37,39,41-50,52,54-58,60,62-66,68,70-74H2,1-2H3,(H,93,98)/b7-5-,13-11-,19-17-,25-23-,31-29-,36-35-,40-38-,53-51+,61-59+,69-67+. The second kappa shape index (κ2) is 70.4. The molecular weight excluding hydrogens is 1410 g/mol. The highest BCUT2D eigenvalue weighted by Crippen LogP contribution is 2.33. The number of hydrogen-bond donors (Lipinski definition) is 12. The normalized spacial score (nSPS) is 25.6. The number of allylic oxidation sites excluding steroid dienone is 19. The number of aliphatic hydroxyl groups is 11. The van der Waals surface area contributed by atoms with E-state index in [4.69, 9.17) is 28.4 Å². The fraction of sp³-hybridized carbons (Fsp3) is 0.772. The average Bonchev–Trinajstić information content (AvgIpc) is 0.780. The third-order valence-electron chi connectivity index (χ3n) is 21.2. The summed E-state index contributed by atoms with van der Waals surface area (Å²) in [5, 5.41) is 121. The molecule has 0 radical (unpaired) electrons. The lowest BCUT2D eigenvalue weighted by molar-refractivity contribution is -0.379. The maximum Gasteiger partial charge on any atom is 0.220 e. The van der Waals surface area contributed by atoms with E-state index in [0.717, 1.165) is 103 Å². The van der Waals surface area contributed by atoms with Gasteiger partial charge >= 0.3 is 0 Å². The molecule has 1 amide bonds. The van der Waals surface area contributed by atoms with Crippen molar-refractivity contribution in [2.45, 2.75) is 426 Å². The Kier molecular flexibility index (Phi) is 64.3. The fourth-order valence-electron chi connectivity index (χ4n) is 14.2. The van der Waals surface area contributed by atoms with Crippen LogP contribution < -0.4 is 5.32 Å². The van der Waals surface area contributed by atoms with Crippen LogP contribution in [0, 0.1) is 0 Å². The average molecular weight is 1570 g/mol. The van der Waals surface area contributed by atoms with Gasteiger partial charge in [-0.3, -0.25) is 4.79 Å². The molecular formula is C92H159NO18. The first-order chi connectivity index (χ1) is 54.3. The summed E-state index contributed by atoms with van der Waals surface area (Å²) in [5.41, 5.74) is 0. The molecule has 17 unspecified atom stereocenters. The quantitative estimate of drug-likeness (QED) is 0.0199. The smallest absolute Gasteiger partial charge is 0.220 e. The Balaban J connectivity index is 1.36. The van der Waals surface area contributed by atoms with Crippen molar-refractivity contribution >= 4 is 5.91 Å². The Morgan fingerprint density at radius 1 is 0.333 bits per heavy atom. The van der Waals surface area contributed by atoms with Crippen LogP contribution in [0.3, 0.4) is 0 Å². The minimum Gasteiger partial charge on any atom is -0.394 e. The molecule has 0 aromatic carbocycles. The van der Waals surface area contributed by atoms with Crippen LogP contribution in [0.5, 0.6) is 0 Å². The van der Waals surface area contributed by atoms with Crippen molar-refractivity contribution in [1.82, 2.24) is 5.32 Å². The van der Waals surface area contributed by atoms with Crippen LogP contribution in [-0.4, -0.2) is 193 Å². The van der Waals surface area contributed by atoms with Crippen molar-refractivity contribution in [1.29, 1.82) is 0 Å². The lowest BCUT2D eigenvalue weighted by Gasteiger charge is -2.48. The van der Waals surface area contributed by atoms with Crippen molar-refractivity contribution in [2.24, 2.45) is 0 Å². The number of rotatable bonds is 70. The first-order valence-corrected chi connectivity index (χ1v) is 44.3. The summed E-state index contributed by atoms with van der Waals surface area (Å²) in [7, 11) is 0. The highest BCUT2D eigenvalue weighted by Gasteiger charge is 2.54. The van der Waals surface area contributed by atoms with Crippen LogP contribution in [0.25, 0.3) is 0 Å². The Morgan fingerprint density at radius 3 is 1.01 bits per heavy atom. The summed E-state index contributed by atoms with van der Waals surface area (Å²) in [6, 6.07) is -1.01. The second-order valence-corrected chi connectivity index (χ2v) is 31.0. The van der Waals surface area contributed by atoms with E-state index in [2.05, 4.69) is 129 Å². The van der Waals surface area contributed by atoms with E-state index in [9.17, 15) is 61.0 Å². The molecule has 3 aliphatic rings. The molecule has 17 atom stereocenters. The van der Waals surface area contributed by atoms with Gasteiger partial charge in [-0.15, -0.1) is 0 Å². The fourth-order valence-corrected chi connectivity index (χ4v) is 14.2. The second-order valence-electron chi connectivity index (χ2n) is 31.0. The summed E-state index contributed by atoms with van der Waals surface area (Å²) >= 11 is 0. The van der Waals surface area contributed by atoms with Gasteiger partial charge in [0, 0.05) is 6.42 Å². The van der Waals surface area contributed by atoms with Gasteiger partial charge in [0.05, 0.1) is 38.6 Å². The van der Waals surface area contributed by atoms with E-state index < -0.39 is 124 Å². The number of carbonyl (C=O) groups excluding carboxylic acids is 1. The van der Waals surface area contributed by atoms with Gasteiger partial charge in [0.25, 0.3) is 0 Å². The maximum absolute atomic E-state index is 13.5. The summed E-state index contributed by atoms with van der Waals surface area (Å²) in [4.78, 5) is 13.5. The number of hydrogen-bond acceptors (Lipinski definition) is 18. The van der Waals surface area contributed by atoms with E-state index in [1.54, 1.807) is 6.08 Å². The zero-order valence-corrected chi connectivity index (χ0v) is 68.9. The number of amides is 1. The topological polar surface area (TPSA) is 307 Å². The molecule has 12 N–H and O–H groups in total. The van der Waals surface area contributed by atoms with E-state index in [0.29, 0.717) is 12.8 Å². The van der Waals surface area contributed by atoms with Crippen LogP contribution >= 0.6 is 0 Å². The van der Waals surface area contributed by atoms with Crippen LogP contribution in [0.2, 0.25) is 0 Å². The van der Waals surface area contributed by atoms with Gasteiger partial charge in [0.15, 0.2) is 18.9 Å². The van der Waals surface area contributed by atoms with Gasteiger partial charge in [-0.1, -0.05) is 334 Å². The van der Waals surface area contributed by atoms with Crippen LogP contribution in [-0.2, 0) is 33.2 Å². The third-order valence-corrected chi connectivity index (χ3v) is 21.2. The number of aliphatic hydroxyl groups excluding tert-OH is 11. The number of unbranched alkanes of at least 4 members (excludes halogenated alkanes) is 36. The molecule has 0 aromatic rings. The van der Waals surface area contributed by atoms with Crippen molar-refractivity contribution in [3.8, 4) is 0 Å². The molecule has 0 aliphatic carbocycles. The van der Waals surface area contributed by atoms with Gasteiger partial charge in [0.2, 0.25) is 5.91 Å². The minimum atomic E-state index is -1.99. The molecule has 0 saturated carbocycles. The summed E-state index contributed by atoms with van der Waals surface area (Å²) in [5.74, 6) is -0.292. The summed E-state index contributed by atoms with van der Waals surface area (Å²) in [6.07, 6.45) is 73.4. The molecule has 3 aliphatic heterocycles. The summed E-state index contributed by atoms with van der Waals surface area (Å²) in [6.45, 7) is 1.62. The van der Waals surface area contributed by atoms with Gasteiger partial charge in [-0.25, -0.2) is 0 Å². The molecule has 111 heavy (non-hydrogen) atoms. The molecule has 0 bridgehead atoms. The minimum absolute atomic E-state index is 0.224. The molecule has 3 fully saturated rings. The van der Waals surface area contributed by atoms with Crippen molar-refractivity contribution < 1.29 is 89.4 Å². The Hall–Kier alpha value is -3.81. The van der Waals surface area contributed by atoms with Crippen molar-refractivity contribution in [3.05, 3.63) is 122 Å². The SMILES string of the molecule is CC/C=C\C/C=C\C/C=C\C/C=C\C/C=C\C/C=C\C/C=C\CCCCCCCCCCCCCCCC(=O)NC(COC1OC(CO)C(OC2OC(CO)C(OC3OC(CO)C(O)C(O)C3O)C(O)C2O)C(O)C1O)C(O)/C=C/CC/C=C/CC/C=C/CCCCCCCCCCCCCCCCCCCCCCC. The first kappa shape index (κ1) is 101. The molecule has 0 aromatic heterocycles. The van der Waals surface area contributed by atoms with Gasteiger partial charge in [0.1, 0.15) is 73.2 Å². The first-order valence-electron chi connectivity index (χ1n) is 44.3. The molecule has 3 saturated heterocycles. The van der Waals surface area contributed by atoms with Gasteiger partial charge < -0.3 is 89.9 Å². The zero-order valence-electron chi connectivity index (χ0n) is 68.9. The molecule has 19 heteroatoms.